The molecular weight excluding hydrogens is 315 g/mol. The summed E-state index contributed by atoms with van der Waals surface area (Å²) in [6.07, 6.45) is 0. The van der Waals surface area contributed by atoms with Crippen molar-refractivity contribution in [3.63, 3.8) is 0 Å². The van der Waals surface area contributed by atoms with Crippen LogP contribution >= 0.6 is 11.6 Å². The van der Waals surface area contributed by atoms with Gasteiger partial charge in [-0.25, -0.2) is 0 Å². The van der Waals surface area contributed by atoms with E-state index in [-0.39, 0.29) is 12.4 Å². The molecule has 4 heteroatoms. The second-order valence-corrected chi connectivity index (χ2v) is 5.86. The molecule has 0 radical (unpaired) electrons. The summed E-state index contributed by atoms with van der Waals surface area (Å²) >= 11 is 6.06. The van der Waals surface area contributed by atoms with Crippen LogP contribution < -0.4 is 17.7 Å². The lowest BCUT2D eigenvalue weighted by atomic mass is 10.0. The summed E-state index contributed by atoms with van der Waals surface area (Å²) in [5.41, 5.74) is 6.52. The van der Waals surface area contributed by atoms with Crippen LogP contribution in [0.4, 0.5) is 11.4 Å². The monoisotopic (exact) mass is 331 g/mol. The minimum Gasteiger partial charge on any atom is -1.00 e. The van der Waals surface area contributed by atoms with E-state index in [2.05, 4.69) is 42.3 Å². The summed E-state index contributed by atoms with van der Waals surface area (Å²) in [6.45, 7) is 6.22. The molecule has 0 fully saturated rings. The van der Waals surface area contributed by atoms with E-state index >= 15 is 0 Å². The number of aromatic nitrogens is 1. The summed E-state index contributed by atoms with van der Waals surface area (Å²) in [7, 11) is 0. The molecule has 0 spiro atoms. The maximum atomic E-state index is 6.06. The van der Waals surface area contributed by atoms with Crippen LogP contribution in [-0.4, -0.2) is 4.98 Å². The summed E-state index contributed by atoms with van der Waals surface area (Å²) in [6, 6.07) is 14.2. The fourth-order valence-corrected chi connectivity index (χ4v) is 2.82. The molecule has 3 aromatic rings. The highest BCUT2D eigenvalue weighted by Gasteiger charge is 2.08. The highest BCUT2D eigenvalue weighted by Crippen LogP contribution is 2.30. The number of halogens is 2. The molecular formula is C18H17Cl2N2-. The van der Waals surface area contributed by atoms with E-state index < -0.39 is 0 Å². The van der Waals surface area contributed by atoms with Crippen molar-refractivity contribution in [2.45, 2.75) is 20.8 Å². The van der Waals surface area contributed by atoms with Gasteiger partial charge in [0.2, 0.25) is 0 Å². The molecule has 1 aromatic heterocycles. The molecule has 0 aliphatic rings. The zero-order valence-electron chi connectivity index (χ0n) is 12.7. The Morgan fingerprint density at radius 3 is 2.50 bits per heavy atom. The van der Waals surface area contributed by atoms with Crippen LogP contribution in [0.15, 0.2) is 42.5 Å². The summed E-state index contributed by atoms with van der Waals surface area (Å²) in [4.78, 5) is 4.67. The van der Waals surface area contributed by atoms with E-state index in [0.717, 1.165) is 33.0 Å². The third kappa shape index (κ3) is 3.34. The van der Waals surface area contributed by atoms with Crippen LogP contribution in [0.5, 0.6) is 0 Å². The summed E-state index contributed by atoms with van der Waals surface area (Å²) in [5, 5.41) is 5.32. The smallest absolute Gasteiger partial charge is 0.0755 e. The van der Waals surface area contributed by atoms with Crippen molar-refractivity contribution in [2.24, 2.45) is 0 Å². The molecule has 0 unspecified atom stereocenters. The minimum atomic E-state index is 0. The van der Waals surface area contributed by atoms with E-state index in [1.54, 1.807) is 0 Å². The second-order valence-electron chi connectivity index (χ2n) is 5.42. The number of hydrogen-bond acceptors (Lipinski definition) is 2. The summed E-state index contributed by atoms with van der Waals surface area (Å²) in [5.74, 6) is 0. The molecule has 0 bridgehead atoms. The first-order valence-corrected chi connectivity index (χ1v) is 7.32. The fraction of sp³-hybridized carbons (Fsp3) is 0.167. The Labute approximate surface area is 141 Å². The molecule has 2 nitrogen and oxygen atoms in total. The van der Waals surface area contributed by atoms with Crippen molar-refractivity contribution in [1.29, 1.82) is 0 Å². The molecule has 1 heterocycles. The number of benzene rings is 2. The maximum Gasteiger partial charge on any atom is 0.0755 e. The van der Waals surface area contributed by atoms with Crippen LogP contribution in [0.1, 0.15) is 16.8 Å². The predicted molar refractivity (Wildman–Crippen MR) is 90.7 cm³/mol. The zero-order chi connectivity index (χ0) is 15.0. The van der Waals surface area contributed by atoms with Crippen molar-refractivity contribution < 1.29 is 12.4 Å². The third-order valence-electron chi connectivity index (χ3n) is 3.48. The van der Waals surface area contributed by atoms with Gasteiger partial charge >= 0.3 is 0 Å². The Balaban J connectivity index is 0.00000176. The Hall–Kier alpha value is -1.77. The van der Waals surface area contributed by atoms with Gasteiger partial charge in [0.15, 0.2) is 0 Å². The Morgan fingerprint density at radius 2 is 1.77 bits per heavy atom. The molecule has 0 aliphatic heterocycles. The van der Waals surface area contributed by atoms with Gasteiger partial charge in [0.25, 0.3) is 0 Å². The van der Waals surface area contributed by atoms with Crippen molar-refractivity contribution in [1.82, 2.24) is 4.98 Å². The first-order chi connectivity index (χ1) is 10.0. The van der Waals surface area contributed by atoms with Gasteiger partial charge in [-0.1, -0.05) is 29.3 Å². The van der Waals surface area contributed by atoms with Crippen molar-refractivity contribution in [3.05, 3.63) is 64.3 Å². The Bertz CT molecular complexity index is 829. The molecule has 1 N–H and O–H groups in total. The van der Waals surface area contributed by atoms with Crippen LogP contribution in [0.3, 0.4) is 0 Å². The zero-order valence-corrected chi connectivity index (χ0v) is 14.3. The molecule has 0 saturated heterocycles. The SMILES string of the molecule is Cc1cc(C)c2nc(C)cc(Nc3cccc(Cl)c3)c2c1.[Cl-]. The number of aryl methyl sites for hydroxylation is 3. The average molecular weight is 332 g/mol. The molecule has 114 valence electrons. The number of anilines is 2. The second kappa shape index (κ2) is 6.55. The molecule has 0 atom stereocenters. The number of nitrogens with one attached hydrogen (secondary N) is 1. The lowest BCUT2D eigenvalue weighted by Crippen LogP contribution is -3.00. The Kier molecular flexibility index (Phi) is 4.94. The maximum absolute atomic E-state index is 6.06. The van der Waals surface area contributed by atoms with Gasteiger partial charge in [-0.2, -0.15) is 0 Å². The molecule has 22 heavy (non-hydrogen) atoms. The van der Waals surface area contributed by atoms with Gasteiger partial charge in [-0.05, 0) is 56.7 Å². The van der Waals surface area contributed by atoms with Gasteiger partial charge in [-0.15, -0.1) is 0 Å². The van der Waals surface area contributed by atoms with Crippen LogP contribution in [-0.2, 0) is 0 Å². The topological polar surface area (TPSA) is 24.9 Å². The normalized spacial score (nSPS) is 10.4. The van der Waals surface area contributed by atoms with E-state index in [9.17, 15) is 0 Å². The molecule has 0 saturated carbocycles. The van der Waals surface area contributed by atoms with Gasteiger partial charge in [0.1, 0.15) is 0 Å². The van der Waals surface area contributed by atoms with Crippen LogP contribution in [0, 0.1) is 20.8 Å². The van der Waals surface area contributed by atoms with Gasteiger partial charge in [-0.3, -0.25) is 4.98 Å². The van der Waals surface area contributed by atoms with Gasteiger partial charge < -0.3 is 17.7 Å². The first kappa shape index (κ1) is 16.6. The Morgan fingerprint density at radius 1 is 1.00 bits per heavy atom. The molecule has 2 aromatic carbocycles. The van der Waals surface area contributed by atoms with E-state index in [4.69, 9.17) is 11.6 Å². The van der Waals surface area contributed by atoms with Gasteiger partial charge in [0, 0.05) is 27.5 Å². The number of rotatable bonds is 2. The number of hydrogen-bond donors (Lipinski definition) is 1. The third-order valence-corrected chi connectivity index (χ3v) is 3.72. The molecule has 0 aliphatic carbocycles. The van der Waals surface area contributed by atoms with E-state index in [1.165, 1.54) is 11.1 Å². The number of pyridine rings is 1. The van der Waals surface area contributed by atoms with Gasteiger partial charge in [0.05, 0.1) is 5.52 Å². The number of nitrogens with zero attached hydrogens (tertiary/aromatic N) is 1. The van der Waals surface area contributed by atoms with Crippen LogP contribution in [0.25, 0.3) is 10.9 Å². The summed E-state index contributed by atoms with van der Waals surface area (Å²) < 4.78 is 0. The van der Waals surface area contributed by atoms with Crippen molar-refractivity contribution in [2.75, 3.05) is 5.32 Å². The lowest BCUT2D eigenvalue weighted by molar-refractivity contribution is -0.00000436. The molecule has 3 rings (SSSR count). The number of fused-ring (bicyclic) bond motifs is 1. The highest BCUT2D eigenvalue weighted by atomic mass is 35.5. The fourth-order valence-electron chi connectivity index (χ4n) is 2.63. The van der Waals surface area contributed by atoms with Crippen molar-refractivity contribution >= 4 is 33.9 Å². The van der Waals surface area contributed by atoms with E-state index in [1.807, 2.05) is 31.2 Å². The molecule has 0 amide bonds. The largest absolute Gasteiger partial charge is 1.00 e. The van der Waals surface area contributed by atoms with Crippen molar-refractivity contribution in [3.8, 4) is 0 Å². The standard InChI is InChI=1S/C18H17ClN2.ClH/c1-11-7-12(2)18-16(8-11)17(9-13(3)20-18)21-15-6-4-5-14(19)10-15;/h4-10H,1-3H3,(H,20,21);1H/p-1. The first-order valence-electron chi connectivity index (χ1n) is 6.94. The quantitative estimate of drug-likeness (QED) is 0.780. The predicted octanol–water partition coefficient (Wildman–Crippen LogP) is 2.56. The minimum absolute atomic E-state index is 0. The highest BCUT2D eigenvalue weighted by molar-refractivity contribution is 6.30. The lowest BCUT2D eigenvalue weighted by Gasteiger charge is -2.13. The average Bonchev–Trinajstić information content (AvgIpc) is 2.40. The van der Waals surface area contributed by atoms with E-state index in [0.29, 0.717) is 0 Å². The van der Waals surface area contributed by atoms with Crippen LogP contribution in [0.2, 0.25) is 5.02 Å².